The van der Waals surface area contributed by atoms with E-state index in [4.69, 9.17) is 10.3 Å². The van der Waals surface area contributed by atoms with Crippen molar-refractivity contribution in [2.45, 2.75) is 38.5 Å². The van der Waals surface area contributed by atoms with Crippen LogP contribution in [0.2, 0.25) is 0 Å². The number of benzene rings is 1. The molecule has 1 aliphatic rings. The normalized spacial score (nSPS) is 14.9. The summed E-state index contributed by atoms with van der Waals surface area (Å²) in [5, 5.41) is 3.85. The minimum absolute atomic E-state index is 0.197. The molecule has 0 bridgehead atoms. The maximum Gasteiger partial charge on any atom is 0.240 e. The van der Waals surface area contributed by atoms with E-state index in [1.165, 1.54) is 12.1 Å². The van der Waals surface area contributed by atoms with Crippen molar-refractivity contribution < 1.29 is 13.3 Å². The third kappa shape index (κ3) is 3.43. The van der Waals surface area contributed by atoms with Crippen LogP contribution in [0.25, 0.3) is 0 Å². The van der Waals surface area contributed by atoms with E-state index in [1.807, 2.05) is 0 Å². The van der Waals surface area contributed by atoms with Crippen LogP contribution in [0.1, 0.15) is 30.1 Å². The maximum atomic E-state index is 13.8. The van der Waals surface area contributed by atoms with E-state index in [0.29, 0.717) is 36.4 Å². The number of nitrogens with two attached hydrogens (primary N) is 1. The molecule has 0 saturated heterocycles. The number of halogens is 2. The van der Waals surface area contributed by atoms with Gasteiger partial charge in [0.2, 0.25) is 5.89 Å². The first-order valence-electron chi connectivity index (χ1n) is 6.85. The predicted molar refractivity (Wildman–Crippen MR) is 70.8 cm³/mol. The van der Waals surface area contributed by atoms with Crippen molar-refractivity contribution in [2.24, 2.45) is 5.73 Å². The summed E-state index contributed by atoms with van der Waals surface area (Å²) in [5.74, 6) is -0.185. The number of hydrogen-bond acceptors (Lipinski definition) is 5. The Kier molecular flexibility index (Phi) is 3.94. The van der Waals surface area contributed by atoms with Crippen LogP contribution in [0.4, 0.5) is 8.78 Å². The van der Waals surface area contributed by atoms with Gasteiger partial charge in [0.25, 0.3) is 0 Å². The van der Waals surface area contributed by atoms with Gasteiger partial charge in [-0.3, -0.25) is 4.90 Å². The molecule has 2 aromatic rings. The first kappa shape index (κ1) is 14.1. The molecule has 3 rings (SSSR count). The SMILES string of the molecule is NCc1nc(CN(Cc2ccc(F)cc2F)C2CC2)no1. The lowest BCUT2D eigenvalue weighted by molar-refractivity contribution is 0.232. The molecule has 7 heteroatoms. The van der Waals surface area contributed by atoms with Gasteiger partial charge in [-0.1, -0.05) is 11.2 Å². The molecular formula is C14H16F2N4O. The van der Waals surface area contributed by atoms with Gasteiger partial charge >= 0.3 is 0 Å². The molecule has 112 valence electrons. The van der Waals surface area contributed by atoms with E-state index in [9.17, 15) is 8.78 Å². The number of hydrogen-bond donors (Lipinski definition) is 1. The van der Waals surface area contributed by atoms with E-state index in [1.54, 1.807) is 0 Å². The lowest BCUT2D eigenvalue weighted by Gasteiger charge is -2.20. The zero-order valence-electron chi connectivity index (χ0n) is 11.4. The molecule has 0 spiro atoms. The van der Waals surface area contributed by atoms with Crippen molar-refractivity contribution in [3.05, 3.63) is 47.1 Å². The summed E-state index contributed by atoms with van der Waals surface area (Å²) >= 11 is 0. The minimum atomic E-state index is -0.569. The van der Waals surface area contributed by atoms with E-state index in [0.717, 1.165) is 18.9 Å². The summed E-state index contributed by atoms with van der Waals surface area (Å²) < 4.78 is 31.7. The molecule has 0 amide bonds. The molecule has 1 aliphatic carbocycles. The van der Waals surface area contributed by atoms with Crippen LogP contribution in [0.15, 0.2) is 22.7 Å². The van der Waals surface area contributed by atoms with Crippen molar-refractivity contribution >= 4 is 0 Å². The molecule has 0 radical (unpaired) electrons. The molecule has 21 heavy (non-hydrogen) atoms. The van der Waals surface area contributed by atoms with Gasteiger partial charge in [0.15, 0.2) is 5.82 Å². The molecule has 1 heterocycles. The summed E-state index contributed by atoms with van der Waals surface area (Å²) in [6.07, 6.45) is 2.12. The van der Waals surface area contributed by atoms with Crippen LogP contribution in [0.3, 0.4) is 0 Å². The Morgan fingerprint density at radius 1 is 1.29 bits per heavy atom. The van der Waals surface area contributed by atoms with Gasteiger partial charge in [-0.25, -0.2) is 8.78 Å². The first-order chi connectivity index (χ1) is 10.2. The average molecular weight is 294 g/mol. The highest BCUT2D eigenvalue weighted by atomic mass is 19.1. The van der Waals surface area contributed by atoms with Crippen LogP contribution < -0.4 is 5.73 Å². The highest BCUT2D eigenvalue weighted by Gasteiger charge is 2.30. The molecule has 0 atom stereocenters. The summed E-state index contributed by atoms with van der Waals surface area (Å²) in [4.78, 5) is 6.23. The maximum absolute atomic E-state index is 13.8. The molecular weight excluding hydrogens is 278 g/mol. The van der Waals surface area contributed by atoms with Crippen molar-refractivity contribution in [1.29, 1.82) is 0 Å². The topological polar surface area (TPSA) is 68.2 Å². The second-order valence-electron chi connectivity index (χ2n) is 5.18. The summed E-state index contributed by atoms with van der Waals surface area (Å²) in [7, 11) is 0. The third-order valence-electron chi connectivity index (χ3n) is 3.48. The fraction of sp³-hybridized carbons (Fsp3) is 0.429. The Hall–Kier alpha value is -1.86. The van der Waals surface area contributed by atoms with Crippen molar-refractivity contribution in [2.75, 3.05) is 0 Å². The second kappa shape index (κ2) is 5.87. The van der Waals surface area contributed by atoms with Crippen molar-refractivity contribution in [3.63, 3.8) is 0 Å². The van der Waals surface area contributed by atoms with Crippen LogP contribution in [-0.2, 0) is 19.6 Å². The van der Waals surface area contributed by atoms with E-state index in [2.05, 4.69) is 15.0 Å². The quantitative estimate of drug-likeness (QED) is 0.882. The van der Waals surface area contributed by atoms with Gasteiger partial charge in [-0.05, 0) is 18.9 Å². The standard InChI is InChI=1S/C14H16F2N4O/c15-10-2-1-9(12(16)5-10)7-20(11-3-4-11)8-13-18-14(6-17)21-19-13/h1-2,5,11H,3-4,6-8,17H2. The van der Waals surface area contributed by atoms with Crippen LogP contribution >= 0.6 is 0 Å². The molecule has 5 nitrogen and oxygen atoms in total. The van der Waals surface area contributed by atoms with Gasteiger partial charge in [-0.15, -0.1) is 0 Å². The Bertz CT molecular complexity index is 627. The monoisotopic (exact) mass is 294 g/mol. The van der Waals surface area contributed by atoms with E-state index >= 15 is 0 Å². The minimum Gasteiger partial charge on any atom is -0.338 e. The fourth-order valence-corrected chi connectivity index (χ4v) is 2.24. The first-order valence-corrected chi connectivity index (χ1v) is 6.85. The number of aromatic nitrogens is 2. The van der Waals surface area contributed by atoms with Gasteiger partial charge in [-0.2, -0.15) is 4.98 Å². The molecule has 1 fully saturated rings. The Morgan fingerprint density at radius 2 is 2.10 bits per heavy atom. The molecule has 1 saturated carbocycles. The summed E-state index contributed by atoms with van der Waals surface area (Å²) in [6.45, 7) is 1.05. The zero-order valence-corrected chi connectivity index (χ0v) is 11.4. The van der Waals surface area contributed by atoms with Crippen molar-refractivity contribution in [1.82, 2.24) is 15.0 Å². The Morgan fingerprint density at radius 3 is 2.71 bits per heavy atom. The third-order valence-corrected chi connectivity index (χ3v) is 3.48. The average Bonchev–Trinajstić information content (AvgIpc) is 3.21. The summed E-state index contributed by atoms with van der Waals surface area (Å²) in [6, 6.07) is 4.03. The lowest BCUT2D eigenvalue weighted by Crippen LogP contribution is -2.26. The molecule has 0 unspecified atom stereocenters. The van der Waals surface area contributed by atoms with Gasteiger partial charge in [0.05, 0.1) is 13.1 Å². The van der Waals surface area contributed by atoms with Crippen LogP contribution in [-0.4, -0.2) is 21.1 Å². The lowest BCUT2D eigenvalue weighted by atomic mass is 10.2. The molecule has 1 aromatic heterocycles. The van der Waals surface area contributed by atoms with Crippen molar-refractivity contribution in [3.8, 4) is 0 Å². The number of nitrogens with zero attached hydrogens (tertiary/aromatic N) is 3. The molecule has 2 N–H and O–H groups in total. The smallest absolute Gasteiger partial charge is 0.240 e. The second-order valence-corrected chi connectivity index (χ2v) is 5.18. The van der Waals surface area contributed by atoms with E-state index < -0.39 is 11.6 Å². The highest BCUT2D eigenvalue weighted by molar-refractivity contribution is 5.19. The van der Waals surface area contributed by atoms with Gasteiger partial charge in [0.1, 0.15) is 11.6 Å². The van der Waals surface area contributed by atoms with Gasteiger partial charge < -0.3 is 10.3 Å². The van der Waals surface area contributed by atoms with Crippen LogP contribution in [0, 0.1) is 11.6 Å². The highest BCUT2D eigenvalue weighted by Crippen LogP contribution is 2.30. The Labute approximate surface area is 120 Å². The predicted octanol–water partition coefficient (Wildman–Crippen LogP) is 1.97. The van der Waals surface area contributed by atoms with Crippen LogP contribution in [0.5, 0.6) is 0 Å². The van der Waals surface area contributed by atoms with E-state index in [-0.39, 0.29) is 6.54 Å². The number of rotatable bonds is 6. The Balaban J connectivity index is 1.72. The largest absolute Gasteiger partial charge is 0.338 e. The summed E-state index contributed by atoms with van der Waals surface area (Å²) in [5.41, 5.74) is 5.89. The zero-order chi connectivity index (χ0) is 14.8. The fourth-order valence-electron chi connectivity index (χ4n) is 2.24. The molecule has 1 aromatic carbocycles. The van der Waals surface area contributed by atoms with Gasteiger partial charge in [0, 0.05) is 24.2 Å². The molecule has 0 aliphatic heterocycles.